The highest BCUT2D eigenvalue weighted by molar-refractivity contribution is 6.33. The maximum atomic E-state index is 11.9. The predicted octanol–water partition coefficient (Wildman–Crippen LogP) is 3.33. The van der Waals surface area contributed by atoms with Gasteiger partial charge in [-0.05, 0) is 41.5 Å². The highest BCUT2D eigenvalue weighted by Crippen LogP contribution is 2.32. The monoisotopic (exact) mass is 243 g/mol. The molecule has 1 aliphatic carbocycles. The molecule has 0 amide bonds. The quantitative estimate of drug-likeness (QED) is 0.766. The van der Waals surface area contributed by atoms with Gasteiger partial charge in [-0.2, -0.15) is 0 Å². The fourth-order valence-electron chi connectivity index (χ4n) is 2.12. The van der Waals surface area contributed by atoms with Crippen LogP contribution in [0, 0.1) is 0 Å². The van der Waals surface area contributed by atoms with Crippen LogP contribution < -0.4 is 0 Å². The van der Waals surface area contributed by atoms with Crippen LogP contribution in [0.5, 0.6) is 0 Å². The van der Waals surface area contributed by atoms with Crippen molar-refractivity contribution in [1.29, 1.82) is 0 Å². The molecule has 1 aromatic carbocycles. The van der Waals surface area contributed by atoms with E-state index >= 15 is 0 Å². The third-order valence-corrected chi connectivity index (χ3v) is 3.17. The number of aromatic amines is 1. The Morgan fingerprint density at radius 3 is 2.94 bits per heavy atom. The fraction of sp³-hybridized carbons (Fsp3) is 0.0714. The Morgan fingerprint density at radius 2 is 2.18 bits per heavy atom. The summed E-state index contributed by atoms with van der Waals surface area (Å²) in [7, 11) is 0. The maximum absolute atomic E-state index is 11.9. The molecule has 1 N–H and O–H groups in total. The number of nitrogens with one attached hydrogen (secondary N) is 1. The van der Waals surface area contributed by atoms with E-state index in [1.165, 1.54) is 0 Å². The van der Waals surface area contributed by atoms with Gasteiger partial charge in [0.1, 0.15) is 0 Å². The number of carbonyl (C=O) groups excluding carboxylic acids is 1. The molecule has 2 nitrogen and oxygen atoms in total. The first-order chi connectivity index (χ1) is 8.24. The lowest BCUT2D eigenvalue weighted by Crippen LogP contribution is -1.93. The van der Waals surface area contributed by atoms with Crippen molar-refractivity contribution in [2.24, 2.45) is 0 Å². The highest BCUT2D eigenvalue weighted by atomic mass is 35.5. The van der Waals surface area contributed by atoms with Gasteiger partial charge in [0.15, 0.2) is 5.78 Å². The molecule has 0 radical (unpaired) electrons. The van der Waals surface area contributed by atoms with Gasteiger partial charge in [-0.1, -0.05) is 17.7 Å². The zero-order chi connectivity index (χ0) is 11.8. The first-order valence-corrected chi connectivity index (χ1v) is 5.79. The Labute approximate surface area is 104 Å². The largest absolute Gasteiger partial charge is 0.362 e. The minimum atomic E-state index is 0.150. The standard InChI is InChI=1S/C14H10ClNO/c15-10-4-3-9-6-14(17)13(12(9)7-10)8-11-2-1-5-16-11/h1-5,7-8,16H,6H2/b13-8-. The number of aromatic nitrogens is 1. The molecule has 2 aromatic rings. The average Bonchev–Trinajstić information content (AvgIpc) is 2.90. The van der Waals surface area contributed by atoms with Gasteiger partial charge in [-0.25, -0.2) is 0 Å². The van der Waals surface area contributed by atoms with Gasteiger partial charge in [-0.15, -0.1) is 0 Å². The molecular formula is C14H10ClNO. The lowest BCUT2D eigenvalue weighted by atomic mass is 10.1. The number of hydrogen-bond donors (Lipinski definition) is 1. The summed E-state index contributed by atoms with van der Waals surface area (Å²) in [5, 5.41) is 0.663. The van der Waals surface area contributed by atoms with E-state index in [4.69, 9.17) is 11.6 Å². The van der Waals surface area contributed by atoms with E-state index in [2.05, 4.69) is 4.98 Å². The first kappa shape index (κ1) is 10.4. The van der Waals surface area contributed by atoms with E-state index in [0.717, 1.165) is 22.4 Å². The summed E-state index contributed by atoms with van der Waals surface area (Å²) in [6.07, 6.45) is 4.19. The third kappa shape index (κ3) is 1.81. The Bertz CT molecular complexity index is 611. The Morgan fingerprint density at radius 1 is 1.29 bits per heavy atom. The van der Waals surface area contributed by atoms with Crippen molar-refractivity contribution < 1.29 is 4.79 Å². The summed E-state index contributed by atoms with van der Waals surface area (Å²) < 4.78 is 0. The summed E-state index contributed by atoms with van der Waals surface area (Å²) in [5.41, 5.74) is 3.68. The summed E-state index contributed by atoms with van der Waals surface area (Å²) in [5.74, 6) is 0.150. The van der Waals surface area contributed by atoms with Gasteiger partial charge in [0, 0.05) is 28.9 Å². The van der Waals surface area contributed by atoms with Crippen LogP contribution in [0.15, 0.2) is 36.5 Å². The number of hydrogen-bond acceptors (Lipinski definition) is 1. The second-order valence-corrected chi connectivity index (χ2v) is 4.52. The van der Waals surface area contributed by atoms with Crippen LogP contribution in [0.3, 0.4) is 0 Å². The lowest BCUT2D eigenvalue weighted by Gasteiger charge is -2.00. The minimum Gasteiger partial charge on any atom is -0.362 e. The van der Waals surface area contributed by atoms with Crippen molar-refractivity contribution in [3.05, 3.63) is 58.4 Å². The molecule has 0 unspecified atom stereocenters. The number of Topliss-reactive ketones (excluding diaryl/α,β-unsaturated/α-hetero) is 1. The molecule has 0 spiro atoms. The molecule has 1 aliphatic rings. The summed E-state index contributed by atoms with van der Waals surface area (Å²) >= 11 is 5.97. The molecule has 1 aromatic heterocycles. The van der Waals surface area contributed by atoms with Crippen molar-refractivity contribution in [2.45, 2.75) is 6.42 Å². The van der Waals surface area contributed by atoms with E-state index in [9.17, 15) is 4.79 Å². The molecule has 3 heteroatoms. The highest BCUT2D eigenvalue weighted by Gasteiger charge is 2.24. The van der Waals surface area contributed by atoms with Crippen molar-refractivity contribution in [2.75, 3.05) is 0 Å². The smallest absolute Gasteiger partial charge is 0.167 e. The summed E-state index contributed by atoms with van der Waals surface area (Å²) in [6.45, 7) is 0. The number of H-pyrrole nitrogens is 1. The zero-order valence-electron chi connectivity index (χ0n) is 9.03. The second-order valence-electron chi connectivity index (χ2n) is 4.08. The molecule has 0 fully saturated rings. The van der Waals surface area contributed by atoms with E-state index in [1.54, 1.807) is 0 Å². The number of benzene rings is 1. The molecule has 3 rings (SSSR count). The van der Waals surface area contributed by atoms with Gasteiger partial charge in [0.25, 0.3) is 0 Å². The van der Waals surface area contributed by atoms with Gasteiger partial charge >= 0.3 is 0 Å². The van der Waals surface area contributed by atoms with Crippen LogP contribution in [0.1, 0.15) is 16.8 Å². The van der Waals surface area contributed by atoms with Crippen molar-refractivity contribution >= 4 is 29.0 Å². The molecule has 0 bridgehead atoms. The average molecular weight is 244 g/mol. The van der Waals surface area contributed by atoms with E-state index < -0.39 is 0 Å². The first-order valence-electron chi connectivity index (χ1n) is 5.41. The van der Waals surface area contributed by atoms with Gasteiger partial charge in [-0.3, -0.25) is 4.79 Å². The lowest BCUT2D eigenvalue weighted by molar-refractivity contribution is -0.112. The van der Waals surface area contributed by atoms with Crippen molar-refractivity contribution in [3.8, 4) is 0 Å². The Kier molecular flexibility index (Phi) is 2.37. The number of halogens is 1. The number of ketones is 1. The molecule has 0 atom stereocenters. The molecule has 0 saturated heterocycles. The number of carbonyl (C=O) groups is 1. The molecule has 17 heavy (non-hydrogen) atoms. The summed E-state index contributed by atoms with van der Waals surface area (Å²) in [6, 6.07) is 9.44. The number of rotatable bonds is 1. The molecule has 0 aliphatic heterocycles. The third-order valence-electron chi connectivity index (χ3n) is 2.94. The molecule has 1 heterocycles. The van der Waals surface area contributed by atoms with Crippen molar-refractivity contribution in [3.63, 3.8) is 0 Å². The number of fused-ring (bicyclic) bond motifs is 1. The minimum absolute atomic E-state index is 0.150. The summed E-state index contributed by atoms with van der Waals surface area (Å²) in [4.78, 5) is 15.0. The molecule has 0 saturated carbocycles. The van der Waals surface area contributed by atoms with Crippen LogP contribution in [0.4, 0.5) is 0 Å². The van der Waals surface area contributed by atoms with E-state index in [0.29, 0.717) is 11.4 Å². The number of allylic oxidation sites excluding steroid dienone is 1. The van der Waals surface area contributed by atoms with Gasteiger partial charge in [0.2, 0.25) is 0 Å². The fourth-order valence-corrected chi connectivity index (χ4v) is 2.29. The van der Waals surface area contributed by atoms with Crippen LogP contribution in [0.2, 0.25) is 5.02 Å². The van der Waals surface area contributed by atoms with Crippen LogP contribution in [-0.4, -0.2) is 10.8 Å². The maximum Gasteiger partial charge on any atom is 0.167 e. The van der Waals surface area contributed by atoms with Crippen LogP contribution >= 0.6 is 11.6 Å². The van der Waals surface area contributed by atoms with Crippen LogP contribution in [-0.2, 0) is 11.2 Å². The second kappa shape index (κ2) is 3.90. The van der Waals surface area contributed by atoms with Gasteiger partial charge < -0.3 is 4.98 Å². The predicted molar refractivity (Wildman–Crippen MR) is 68.8 cm³/mol. The Hall–Kier alpha value is -1.80. The van der Waals surface area contributed by atoms with Crippen molar-refractivity contribution in [1.82, 2.24) is 4.98 Å². The SMILES string of the molecule is O=C1Cc2ccc(Cl)cc2/C1=C/c1ccc[nH]1. The topological polar surface area (TPSA) is 32.9 Å². The van der Waals surface area contributed by atoms with Gasteiger partial charge in [0.05, 0.1) is 0 Å². The normalized spacial score (nSPS) is 16.5. The van der Waals surface area contributed by atoms with E-state index in [-0.39, 0.29) is 5.78 Å². The molecule has 84 valence electrons. The Balaban J connectivity index is 2.13. The van der Waals surface area contributed by atoms with E-state index in [1.807, 2.05) is 42.6 Å². The molecular weight excluding hydrogens is 234 g/mol. The zero-order valence-corrected chi connectivity index (χ0v) is 9.79. The van der Waals surface area contributed by atoms with Crippen LogP contribution in [0.25, 0.3) is 11.6 Å².